The Morgan fingerprint density at radius 2 is 1.47 bits per heavy atom. The molecule has 180 valence electrons. The number of aldehydes is 1. The largest absolute Gasteiger partial charge is 0.507 e. The molecule has 6 nitrogen and oxygen atoms in total. The van der Waals surface area contributed by atoms with Crippen molar-refractivity contribution in [1.82, 2.24) is 4.90 Å². The molecule has 0 saturated carbocycles. The summed E-state index contributed by atoms with van der Waals surface area (Å²) in [5, 5.41) is 14.1. The fourth-order valence-corrected chi connectivity index (χ4v) is 3.94. The van der Waals surface area contributed by atoms with Gasteiger partial charge in [0.25, 0.3) is 0 Å². The van der Waals surface area contributed by atoms with E-state index in [-0.39, 0.29) is 22.5 Å². The molecule has 0 aliphatic carbocycles. The lowest BCUT2D eigenvalue weighted by atomic mass is 10.0. The van der Waals surface area contributed by atoms with Crippen LogP contribution in [0.2, 0.25) is 0 Å². The van der Waals surface area contributed by atoms with Gasteiger partial charge in [0, 0.05) is 37.1 Å². The summed E-state index contributed by atoms with van der Waals surface area (Å²) in [5.74, 6) is 0.201. The summed E-state index contributed by atoms with van der Waals surface area (Å²) in [4.78, 5) is 36.7. The van der Waals surface area contributed by atoms with Gasteiger partial charge in [-0.05, 0) is 29.8 Å². The third-order valence-corrected chi connectivity index (χ3v) is 5.81. The number of nitrogens with zero attached hydrogens (tertiary/aromatic N) is 1. The lowest BCUT2D eigenvalue weighted by Crippen LogP contribution is -2.10. The topological polar surface area (TPSA) is 87.8 Å². The van der Waals surface area contributed by atoms with Gasteiger partial charge in [0.2, 0.25) is 5.43 Å². The lowest BCUT2D eigenvalue weighted by Gasteiger charge is -2.06. The predicted octanol–water partition coefficient (Wildman–Crippen LogP) is 5.87. The van der Waals surface area contributed by atoms with E-state index in [0.29, 0.717) is 34.0 Å². The van der Waals surface area contributed by atoms with Gasteiger partial charge in [0.15, 0.2) is 12.1 Å². The number of aromatic hydroxyl groups is 1. The van der Waals surface area contributed by atoms with Gasteiger partial charge < -0.3 is 14.4 Å². The molecule has 0 radical (unpaired) electrons. The summed E-state index contributed by atoms with van der Waals surface area (Å²) in [7, 11) is 3.67. The number of allylic oxidation sites excluding steroid dienone is 1. The molecule has 1 N–H and O–H groups in total. The fourth-order valence-electron chi connectivity index (χ4n) is 3.94. The number of benzene rings is 4. The van der Waals surface area contributed by atoms with Crippen molar-refractivity contribution in [3.63, 3.8) is 0 Å². The minimum atomic E-state index is -0.269. The molecule has 0 aliphatic rings. The van der Waals surface area contributed by atoms with Crippen LogP contribution in [0.5, 0.6) is 5.75 Å². The third-order valence-electron chi connectivity index (χ3n) is 5.81. The van der Waals surface area contributed by atoms with E-state index in [0.717, 1.165) is 16.2 Å². The molecule has 4 aromatic carbocycles. The van der Waals surface area contributed by atoms with Crippen molar-refractivity contribution in [3.8, 4) is 5.75 Å². The monoisotopic (exact) mass is 479 g/mol. The maximum absolute atomic E-state index is 12.1. The molecule has 0 aliphatic heterocycles. The van der Waals surface area contributed by atoms with E-state index >= 15 is 0 Å². The molecule has 0 atom stereocenters. The number of rotatable bonds is 4. The number of phenols is 1. The Hall–Kier alpha value is -4.71. The van der Waals surface area contributed by atoms with Gasteiger partial charge in [-0.2, -0.15) is 0 Å². The van der Waals surface area contributed by atoms with E-state index < -0.39 is 0 Å². The second kappa shape index (κ2) is 10.3. The van der Waals surface area contributed by atoms with Crippen LogP contribution in [0.3, 0.4) is 0 Å². The van der Waals surface area contributed by atoms with Crippen LogP contribution in [-0.4, -0.2) is 36.2 Å². The first kappa shape index (κ1) is 24.4. The maximum atomic E-state index is 12.1. The number of aryl methyl sites for hydroxylation is 1. The highest BCUT2D eigenvalue weighted by atomic mass is 16.3. The molecule has 1 aromatic heterocycles. The van der Waals surface area contributed by atoms with Crippen molar-refractivity contribution >= 4 is 44.6 Å². The number of ketones is 1. The summed E-state index contributed by atoms with van der Waals surface area (Å²) in [6.07, 6.45) is 3.66. The number of carbonyl (C=O) groups excluding carboxylic acids is 2. The Balaban J connectivity index is 0.000000169. The van der Waals surface area contributed by atoms with Crippen molar-refractivity contribution in [1.29, 1.82) is 0 Å². The summed E-state index contributed by atoms with van der Waals surface area (Å²) in [6, 6.07) is 22.2. The van der Waals surface area contributed by atoms with Gasteiger partial charge in [-0.1, -0.05) is 60.7 Å². The number of fused-ring (bicyclic) bond motifs is 4. The van der Waals surface area contributed by atoms with Crippen molar-refractivity contribution in [3.05, 3.63) is 112 Å². The molecule has 5 aromatic rings. The van der Waals surface area contributed by atoms with Gasteiger partial charge in [0.1, 0.15) is 22.7 Å². The van der Waals surface area contributed by atoms with Gasteiger partial charge >= 0.3 is 0 Å². The maximum Gasteiger partial charge on any atom is 0.203 e. The molecule has 0 unspecified atom stereocenters. The molecule has 0 fully saturated rings. The number of carbonyl (C=O) groups is 2. The number of hydrogen-bond acceptors (Lipinski definition) is 6. The molecule has 5 rings (SSSR count). The van der Waals surface area contributed by atoms with E-state index in [9.17, 15) is 19.5 Å². The Morgan fingerprint density at radius 1 is 0.861 bits per heavy atom. The molecule has 0 spiro atoms. The van der Waals surface area contributed by atoms with Crippen molar-refractivity contribution in [2.24, 2.45) is 0 Å². The van der Waals surface area contributed by atoms with Crippen LogP contribution in [-0.2, 0) is 0 Å². The van der Waals surface area contributed by atoms with Crippen LogP contribution in [0.15, 0.2) is 94.3 Å². The quantitative estimate of drug-likeness (QED) is 0.150. The minimum Gasteiger partial charge on any atom is -0.507 e. The highest BCUT2D eigenvalue weighted by Gasteiger charge is 2.13. The molecule has 0 amide bonds. The molecular weight excluding hydrogens is 454 g/mol. The Labute approximate surface area is 207 Å². The lowest BCUT2D eigenvalue weighted by molar-refractivity contribution is 0.104. The zero-order valence-electron chi connectivity index (χ0n) is 20.2. The Bertz CT molecular complexity index is 1700. The summed E-state index contributed by atoms with van der Waals surface area (Å²) < 4.78 is 5.65. The van der Waals surface area contributed by atoms with Gasteiger partial charge in [-0.15, -0.1) is 0 Å². The van der Waals surface area contributed by atoms with E-state index in [2.05, 4.69) is 0 Å². The minimum absolute atomic E-state index is 0.0431. The highest BCUT2D eigenvalue weighted by Crippen LogP contribution is 2.29. The molecule has 6 heteroatoms. The van der Waals surface area contributed by atoms with Crippen LogP contribution in [0, 0.1) is 6.92 Å². The Morgan fingerprint density at radius 3 is 2.14 bits per heavy atom. The first-order valence-electron chi connectivity index (χ1n) is 11.3. The average Bonchev–Trinajstić information content (AvgIpc) is 2.88. The second-order valence-corrected chi connectivity index (χ2v) is 8.51. The van der Waals surface area contributed by atoms with E-state index in [4.69, 9.17) is 4.42 Å². The molecule has 36 heavy (non-hydrogen) atoms. The number of phenolic OH excluding ortho intramolecular Hbond substituents is 1. The van der Waals surface area contributed by atoms with Crippen molar-refractivity contribution < 1.29 is 19.1 Å². The van der Waals surface area contributed by atoms with E-state index in [1.165, 1.54) is 6.08 Å². The average molecular weight is 480 g/mol. The summed E-state index contributed by atoms with van der Waals surface area (Å²) >= 11 is 0. The fraction of sp³-hybridized carbons (Fsp3) is 0.100. The van der Waals surface area contributed by atoms with E-state index in [1.54, 1.807) is 36.2 Å². The van der Waals surface area contributed by atoms with Crippen LogP contribution in [0.4, 0.5) is 0 Å². The van der Waals surface area contributed by atoms with Gasteiger partial charge in [-0.25, -0.2) is 0 Å². The molecule has 0 bridgehead atoms. The number of hydrogen-bond donors (Lipinski definition) is 1. The smallest absolute Gasteiger partial charge is 0.203 e. The van der Waals surface area contributed by atoms with Gasteiger partial charge in [0.05, 0.1) is 10.9 Å². The first-order chi connectivity index (χ1) is 17.3. The standard InChI is InChI=1S/C15H15NO2.C15H10O3/c1-16(2)10-9-14(17)13-8-7-11-5-3-4-6-12(11)15(13)18;1-9-13(8-16)14(17)12-7-6-10-4-2-3-5-11(10)15(12)18-9/h3-10,18H,1-2H3;2-8H,1H3/b10-9+;. The van der Waals surface area contributed by atoms with Crippen molar-refractivity contribution in [2.75, 3.05) is 14.1 Å². The molecule has 1 heterocycles. The van der Waals surface area contributed by atoms with Crippen LogP contribution >= 0.6 is 0 Å². The molecular formula is C30H25NO5. The third kappa shape index (κ3) is 4.74. The zero-order chi connectivity index (χ0) is 25.8. The van der Waals surface area contributed by atoms with Crippen LogP contribution < -0.4 is 5.43 Å². The van der Waals surface area contributed by atoms with Crippen LogP contribution in [0.1, 0.15) is 26.5 Å². The molecule has 0 saturated heterocycles. The van der Waals surface area contributed by atoms with Gasteiger partial charge in [-0.3, -0.25) is 14.4 Å². The first-order valence-corrected chi connectivity index (χ1v) is 11.3. The second-order valence-electron chi connectivity index (χ2n) is 8.51. The highest BCUT2D eigenvalue weighted by molar-refractivity contribution is 6.10. The van der Waals surface area contributed by atoms with E-state index in [1.807, 2.05) is 68.7 Å². The summed E-state index contributed by atoms with van der Waals surface area (Å²) in [5.41, 5.74) is 0.695. The van der Waals surface area contributed by atoms with Crippen molar-refractivity contribution in [2.45, 2.75) is 6.92 Å². The summed E-state index contributed by atoms with van der Waals surface area (Å²) in [6.45, 7) is 1.63. The normalized spacial score (nSPS) is 11.0. The zero-order valence-corrected chi connectivity index (χ0v) is 20.2. The Kier molecular flexibility index (Phi) is 6.97. The van der Waals surface area contributed by atoms with Crippen LogP contribution in [0.25, 0.3) is 32.5 Å². The SMILES string of the molecule is CN(C)/C=C/C(=O)c1ccc2ccccc2c1O.Cc1oc2c(ccc3ccccc32)c(=O)c1C=O. The predicted molar refractivity (Wildman–Crippen MR) is 143 cm³/mol.